The second kappa shape index (κ2) is 7.92. The molecule has 0 saturated heterocycles. The summed E-state index contributed by atoms with van der Waals surface area (Å²) in [7, 11) is 0. The monoisotopic (exact) mass is 411 g/mol. The summed E-state index contributed by atoms with van der Waals surface area (Å²) in [4.78, 5) is 10.1. The van der Waals surface area contributed by atoms with Crippen LogP contribution in [0.5, 0.6) is 0 Å². The molecule has 134 valence electrons. The van der Waals surface area contributed by atoms with Gasteiger partial charge in [0, 0.05) is 11.3 Å². The number of nitrogens with zero attached hydrogens (tertiary/aromatic N) is 4. The average molecular weight is 412 g/mol. The number of benzene rings is 1. The van der Waals surface area contributed by atoms with Gasteiger partial charge >= 0.3 is 0 Å². The van der Waals surface area contributed by atoms with Crippen LogP contribution in [0.25, 0.3) is 15.8 Å². The smallest absolute Gasteiger partial charge is 0.208 e. The molecule has 0 radical (unpaired) electrons. The van der Waals surface area contributed by atoms with Crippen molar-refractivity contribution in [3.05, 3.63) is 63.2 Å². The number of para-hydroxylation sites is 1. The summed E-state index contributed by atoms with van der Waals surface area (Å²) >= 11 is 4.33. The van der Waals surface area contributed by atoms with E-state index in [1.54, 1.807) is 11.3 Å². The Labute approximate surface area is 167 Å². The van der Waals surface area contributed by atoms with Gasteiger partial charge in [0.05, 0.1) is 16.0 Å². The number of thioether (sulfide) groups is 1. The van der Waals surface area contributed by atoms with Crippen LogP contribution < -0.4 is 0 Å². The van der Waals surface area contributed by atoms with E-state index in [9.17, 15) is 10.4 Å². The normalized spacial score (nSPS) is 12.1. The Morgan fingerprint density at radius 3 is 2.89 bits per heavy atom. The van der Waals surface area contributed by atoms with Crippen molar-refractivity contribution in [1.29, 1.82) is 5.26 Å². The number of H-pyrrole nitrogens is 1. The van der Waals surface area contributed by atoms with E-state index in [0.717, 1.165) is 16.0 Å². The Hall–Kier alpha value is -2.67. The van der Waals surface area contributed by atoms with E-state index in [-0.39, 0.29) is 17.1 Å². The molecule has 0 fully saturated rings. The third-order valence-electron chi connectivity index (χ3n) is 3.68. The molecule has 27 heavy (non-hydrogen) atoms. The molecule has 3 heterocycles. The summed E-state index contributed by atoms with van der Waals surface area (Å²) in [5, 5.41) is 30.0. The zero-order valence-corrected chi connectivity index (χ0v) is 16.4. The number of nitrogens with one attached hydrogen (secondary N) is 1. The molecule has 0 bridgehead atoms. The van der Waals surface area contributed by atoms with Crippen molar-refractivity contribution in [2.24, 2.45) is 0 Å². The molecule has 0 aliphatic rings. The van der Waals surface area contributed by atoms with E-state index in [1.807, 2.05) is 41.8 Å². The van der Waals surface area contributed by atoms with Crippen LogP contribution in [0.1, 0.15) is 15.7 Å². The fraction of sp³-hybridized carbons (Fsp3) is 0.111. The number of aromatic amines is 1. The summed E-state index contributed by atoms with van der Waals surface area (Å²) in [6, 6.07) is 13.8. The molecule has 2 N–H and O–H groups in total. The van der Waals surface area contributed by atoms with Crippen LogP contribution in [-0.2, 0) is 6.42 Å². The van der Waals surface area contributed by atoms with Crippen molar-refractivity contribution >= 4 is 50.2 Å². The second-order valence-corrected chi connectivity index (χ2v) is 8.54. The number of hydrogen-bond donors (Lipinski definition) is 2. The van der Waals surface area contributed by atoms with E-state index in [1.165, 1.54) is 28.0 Å². The van der Waals surface area contributed by atoms with Crippen molar-refractivity contribution in [3.8, 4) is 6.07 Å². The fourth-order valence-electron chi connectivity index (χ4n) is 2.42. The molecular weight excluding hydrogens is 398 g/mol. The maximum atomic E-state index is 10.4. The zero-order chi connectivity index (χ0) is 18.6. The SMILES string of the molecule is N#CC(=C(O)CSc1n[nH]c(Cc2cccs2)n1)c1nc2ccccc2s1. The summed E-state index contributed by atoms with van der Waals surface area (Å²) in [5.41, 5.74) is 1.01. The summed E-state index contributed by atoms with van der Waals surface area (Å²) in [5.74, 6) is 0.955. The molecule has 0 spiro atoms. The molecule has 0 aliphatic carbocycles. The first-order valence-electron chi connectivity index (χ1n) is 7.97. The van der Waals surface area contributed by atoms with Crippen LogP contribution in [0, 0.1) is 11.3 Å². The van der Waals surface area contributed by atoms with E-state index in [4.69, 9.17) is 0 Å². The topological polar surface area (TPSA) is 98.5 Å². The number of nitriles is 1. The molecule has 0 unspecified atom stereocenters. The van der Waals surface area contributed by atoms with Crippen LogP contribution in [-0.4, -0.2) is 31.0 Å². The Balaban J connectivity index is 1.47. The average Bonchev–Trinajstić information content (AvgIpc) is 3.41. The highest BCUT2D eigenvalue weighted by atomic mass is 32.2. The van der Waals surface area contributed by atoms with Gasteiger partial charge in [-0.15, -0.1) is 27.8 Å². The lowest BCUT2D eigenvalue weighted by Crippen LogP contribution is -1.93. The van der Waals surface area contributed by atoms with Gasteiger partial charge in [0.15, 0.2) is 0 Å². The molecule has 0 atom stereocenters. The molecular formula is C18H13N5OS3. The number of aliphatic hydroxyl groups excluding tert-OH is 1. The first-order valence-corrected chi connectivity index (χ1v) is 10.7. The lowest BCUT2D eigenvalue weighted by atomic mass is 10.2. The number of thiazole rings is 1. The molecule has 9 heteroatoms. The zero-order valence-electron chi connectivity index (χ0n) is 13.9. The molecule has 4 rings (SSSR count). The van der Waals surface area contributed by atoms with Crippen molar-refractivity contribution in [1.82, 2.24) is 20.2 Å². The maximum Gasteiger partial charge on any atom is 0.208 e. The Kier molecular flexibility index (Phi) is 5.20. The van der Waals surface area contributed by atoms with E-state index < -0.39 is 0 Å². The second-order valence-electron chi connectivity index (χ2n) is 5.53. The van der Waals surface area contributed by atoms with Gasteiger partial charge in [-0.05, 0) is 23.6 Å². The van der Waals surface area contributed by atoms with Crippen molar-refractivity contribution in [3.63, 3.8) is 0 Å². The first-order chi connectivity index (χ1) is 13.2. The fourth-order valence-corrected chi connectivity index (χ4v) is 4.81. The summed E-state index contributed by atoms with van der Waals surface area (Å²) < 4.78 is 0.980. The predicted octanol–water partition coefficient (Wildman–Crippen LogP) is 4.65. The highest BCUT2D eigenvalue weighted by molar-refractivity contribution is 7.99. The first kappa shape index (κ1) is 17.7. The van der Waals surface area contributed by atoms with Crippen LogP contribution in [0.2, 0.25) is 0 Å². The molecule has 0 amide bonds. The van der Waals surface area contributed by atoms with Gasteiger partial charge < -0.3 is 5.11 Å². The Morgan fingerprint density at radius 2 is 2.11 bits per heavy atom. The number of hydrogen-bond acceptors (Lipinski definition) is 8. The Morgan fingerprint density at radius 1 is 1.22 bits per heavy atom. The van der Waals surface area contributed by atoms with Gasteiger partial charge in [-0.3, -0.25) is 5.10 Å². The molecule has 0 saturated carbocycles. The van der Waals surface area contributed by atoms with E-state index >= 15 is 0 Å². The van der Waals surface area contributed by atoms with Crippen molar-refractivity contribution in [2.45, 2.75) is 11.6 Å². The maximum absolute atomic E-state index is 10.4. The van der Waals surface area contributed by atoms with Crippen molar-refractivity contribution in [2.75, 3.05) is 5.75 Å². The van der Waals surface area contributed by atoms with Crippen LogP contribution in [0.4, 0.5) is 0 Å². The molecule has 0 aliphatic heterocycles. The molecule has 4 aromatic rings. The summed E-state index contributed by atoms with van der Waals surface area (Å²) in [6.07, 6.45) is 0.697. The third kappa shape index (κ3) is 4.03. The third-order valence-corrected chi connectivity index (χ3v) is 6.47. The van der Waals surface area contributed by atoms with Gasteiger partial charge in [0.25, 0.3) is 0 Å². The Bertz CT molecular complexity index is 1100. The van der Waals surface area contributed by atoms with Gasteiger partial charge in [-0.1, -0.05) is 30.0 Å². The highest BCUT2D eigenvalue weighted by Gasteiger charge is 2.15. The minimum absolute atomic E-state index is 0.0221. The predicted molar refractivity (Wildman–Crippen MR) is 109 cm³/mol. The minimum Gasteiger partial charge on any atom is -0.510 e. The van der Waals surface area contributed by atoms with E-state index in [2.05, 4.69) is 26.2 Å². The number of rotatable bonds is 6. The van der Waals surface area contributed by atoms with E-state index in [0.29, 0.717) is 16.6 Å². The van der Waals surface area contributed by atoms with Gasteiger partial charge in [-0.25, -0.2) is 9.97 Å². The highest BCUT2D eigenvalue weighted by Crippen LogP contribution is 2.29. The van der Waals surface area contributed by atoms with Gasteiger partial charge in [0.2, 0.25) is 5.16 Å². The quantitative estimate of drug-likeness (QED) is 0.272. The number of thiophene rings is 1. The van der Waals surface area contributed by atoms with Gasteiger partial charge in [0.1, 0.15) is 28.2 Å². The van der Waals surface area contributed by atoms with Crippen LogP contribution >= 0.6 is 34.4 Å². The number of fused-ring (bicyclic) bond motifs is 1. The lowest BCUT2D eigenvalue weighted by Gasteiger charge is -2.00. The van der Waals surface area contributed by atoms with Crippen LogP contribution in [0.15, 0.2) is 52.7 Å². The minimum atomic E-state index is -0.0221. The summed E-state index contributed by atoms with van der Waals surface area (Å²) in [6.45, 7) is 0. The van der Waals surface area contributed by atoms with Gasteiger partial charge in [-0.2, -0.15) is 5.26 Å². The standard InChI is InChI=1S/C18H13N5OS3/c19-9-12(17-20-13-5-1-2-6-15(13)27-17)14(24)10-26-18-21-16(22-23-18)8-11-4-3-7-25-11/h1-7,24H,8,10H2,(H,21,22,23). The molecule has 3 aromatic heterocycles. The molecule has 1 aromatic carbocycles. The van der Waals surface area contributed by atoms with Crippen molar-refractivity contribution < 1.29 is 5.11 Å². The number of aromatic nitrogens is 4. The largest absolute Gasteiger partial charge is 0.510 e. The lowest BCUT2D eigenvalue weighted by molar-refractivity contribution is 0.420. The molecule has 6 nitrogen and oxygen atoms in total. The van der Waals surface area contributed by atoms with Crippen LogP contribution in [0.3, 0.4) is 0 Å². The number of aliphatic hydroxyl groups is 1. The number of allylic oxidation sites excluding steroid dienone is 1.